The SMILES string of the molecule is Nc1cccc(F)c1C(=O)NO. The van der Waals surface area contributed by atoms with E-state index in [1.165, 1.54) is 17.6 Å². The molecule has 0 fully saturated rings. The Morgan fingerprint density at radius 3 is 2.75 bits per heavy atom. The van der Waals surface area contributed by atoms with Gasteiger partial charge >= 0.3 is 0 Å². The van der Waals surface area contributed by atoms with Gasteiger partial charge in [-0.15, -0.1) is 0 Å². The van der Waals surface area contributed by atoms with Gasteiger partial charge in [0.2, 0.25) is 0 Å². The number of rotatable bonds is 1. The van der Waals surface area contributed by atoms with E-state index in [-0.39, 0.29) is 11.3 Å². The summed E-state index contributed by atoms with van der Waals surface area (Å²) in [6.07, 6.45) is 0. The fraction of sp³-hybridized carbons (Fsp3) is 0. The van der Waals surface area contributed by atoms with Gasteiger partial charge in [0, 0.05) is 5.69 Å². The molecule has 0 atom stereocenters. The molecule has 5 heteroatoms. The molecule has 0 spiro atoms. The molecule has 64 valence electrons. The second-order valence-electron chi connectivity index (χ2n) is 2.14. The van der Waals surface area contributed by atoms with Crippen molar-refractivity contribution in [2.45, 2.75) is 0 Å². The van der Waals surface area contributed by atoms with Crippen LogP contribution in [0.4, 0.5) is 10.1 Å². The molecule has 0 aliphatic rings. The van der Waals surface area contributed by atoms with E-state index < -0.39 is 11.7 Å². The van der Waals surface area contributed by atoms with E-state index in [1.54, 1.807) is 0 Å². The molecule has 12 heavy (non-hydrogen) atoms. The fourth-order valence-electron chi connectivity index (χ4n) is 0.836. The lowest BCUT2D eigenvalue weighted by molar-refractivity contribution is 0.0703. The number of nitrogen functional groups attached to an aromatic ring is 1. The van der Waals surface area contributed by atoms with E-state index in [0.29, 0.717) is 0 Å². The quantitative estimate of drug-likeness (QED) is 0.327. The second-order valence-corrected chi connectivity index (χ2v) is 2.14. The summed E-state index contributed by atoms with van der Waals surface area (Å²) in [7, 11) is 0. The van der Waals surface area contributed by atoms with Crippen molar-refractivity contribution < 1.29 is 14.4 Å². The van der Waals surface area contributed by atoms with Gasteiger partial charge in [0.05, 0.1) is 0 Å². The minimum Gasteiger partial charge on any atom is -0.398 e. The van der Waals surface area contributed by atoms with Crippen LogP contribution in [-0.4, -0.2) is 11.1 Å². The molecule has 1 rings (SSSR count). The standard InChI is InChI=1S/C7H7FN2O2/c8-4-2-1-3-5(9)6(4)7(11)10-12/h1-3,12H,9H2,(H,10,11). The first-order valence-corrected chi connectivity index (χ1v) is 3.15. The average molecular weight is 170 g/mol. The molecule has 0 aliphatic heterocycles. The van der Waals surface area contributed by atoms with Crippen molar-refractivity contribution in [3.8, 4) is 0 Å². The topological polar surface area (TPSA) is 75.4 Å². The fourth-order valence-corrected chi connectivity index (χ4v) is 0.836. The Bertz CT molecular complexity index is 294. The largest absolute Gasteiger partial charge is 0.398 e. The van der Waals surface area contributed by atoms with Gasteiger partial charge in [0.15, 0.2) is 0 Å². The van der Waals surface area contributed by atoms with Gasteiger partial charge in [-0.2, -0.15) is 0 Å². The first-order chi connectivity index (χ1) is 5.66. The number of anilines is 1. The van der Waals surface area contributed by atoms with Crippen LogP contribution in [0.1, 0.15) is 10.4 Å². The molecule has 0 aromatic heterocycles. The molecule has 0 radical (unpaired) electrons. The molecule has 0 heterocycles. The highest BCUT2D eigenvalue weighted by molar-refractivity contribution is 5.98. The van der Waals surface area contributed by atoms with Gasteiger partial charge in [-0.25, -0.2) is 9.87 Å². The number of benzene rings is 1. The molecular formula is C7H7FN2O2. The Kier molecular flexibility index (Phi) is 2.25. The van der Waals surface area contributed by atoms with E-state index in [9.17, 15) is 9.18 Å². The summed E-state index contributed by atoms with van der Waals surface area (Å²) in [5.74, 6) is -1.72. The van der Waals surface area contributed by atoms with E-state index in [0.717, 1.165) is 6.07 Å². The molecular weight excluding hydrogens is 163 g/mol. The summed E-state index contributed by atoms with van der Waals surface area (Å²) in [5.41, 5.74) is 6.23. The van der Waals surface area contributed by atoms with Crippen LogP contribution in [0.2, 0.25) is 0 Å². The minimum absolute atomic E-state index is 0.0125. The number of carbonyl (C=O) groups is 1. The molecule has 0 aliphatic carbocycles. The molecule has 0 unspecified atom stereocenters. The summed E-state index contributed by atoms with van der Waals surface area (Å²) in [5, 5.41) is 8.22. The van der Waals surface area contributed by atoms with Crippen LogP contribution in [0.5, 0.6) is 0 Å². The number of hydrogen-bond acceptors (Lipinski definition) is 3. The summed E-state index contributed by atoms with van der Waals surface area (Å²) in [6, 6.07) is 3.83. The first kappa shape index (κ1) is 8.48. The molecule has 1 aromatic rings. The molecule has 4 nitrogen and oxygen atoms in total. The lowest BCUT2D eigenvalue weighted by Crippen LogP contribution is -2.21. The third-order valence-electron chi connectivity index (χ3n) is 1.37. The van der Waals surface area contributed by atoms with Crippen LogP contribution in [-0.2, 0) is 0 Å². The van der Waals surface area contributed by atoms with Crippen molar-refractivity contribution in [3.05, 3.63) is 29.6 Å². The number of hydrogen-bond donors (Lipinski definition) is 3. The second kappa shape index (κ2) is 3.19. The van der Waals surface area contributed by atoms with Gasteiger partial charge < -0.3 is 5.73 Å². The maximum absolute atomic E-state index is 12.8. The maximum Gasteiger partial charge on any atom is 0.279 e. The van der Waals surface area contributed by atoms with Crippen molar-refractivity contribution in [2.24, 2.45) is 0 Å². The summed E-state index contributed by atoms with van der Waals surface area (Å²) >= 11 is 0. The van der Waals surface area contributed by atoms with E-state index in [1.807, 2.05) is 0 Å². The summed E-state index contributed by atoms with van der Waals surface area (Å²) in [4.78, 5) is 10.8. The predicted molar refractivity (Wildman–Crippen MR) is 40.1 cm³/mol. The Morgan fingerprint density at radius 1 is 1.58 bits per heavy atom. The zero-order valence-electron chi connectivity index (χ0n) is 6.04. The highest BCUT2D eigenvalue weighted by atomic mass is 19.1. The van der Waals surface area contributed by atoms with Gasteiger partial charge in [0.25, 0.3) is 5.91 Å². The van der Waals surface area contributed by atoms with Crippen LogP contribution in [0.3, 0.4) is 0 Å². The number of nitrogens with two attached hydrogens (primary N) is 1. The Morgan fingerprint density at radius 2 is 2.25 bits per heavy atom. The Hall–Kier alpha value is -1.62. The van der Waals surface area contributed by atoms with Gasteiger partial charge in [-0.3, -0.25) is 10.0 Å². The van der Waals surface area contributed by atoms with Crippen LogP contribution in [0.15, 0.2) is 18.2 Å². The van der Waals surface area contributed by atoms with Crippen molar-refractivity contribution in [2.75, 3.05) is 5.73 Å². The van der Waals surface area contributed by atoms with Crippen molar-refractivity contribution in [1.29, 1.82) is 0 Å². The number of carbonyl (C=O) groups excluding carboxylic acids is 1. The molecule has 0 saturated heterocycles. The zero-order chi connectivity index (χ0) is 9.14. The lowest BCUT2D eigenvalue weighted by Gasteiger charge is -2.03. The van der Waals surface area contributed by atoms with Crippen LogP contribution in [0.25, 0.3) is 0 Å². The zero-order valence-corrected chi connectivity index (χ0v) is 6.04. The molecule has 0 saturated carbocycles. The number of halogens is 1. The first-order valence-electron chi connectivity index (χ1n) is 3.15. The summed E-state index contributed by atoms with van der Waals surface area (Å²) < 4.78 is 12.8. The molecule has 4 N–H and O–H groups in total. The summed E-state index contributed by atoms with van der Waals surface area (Å²) in [6.45, 7) is 0. The third kappa shape index (κ3) is 1.35. The Balaban J connectivity index is 3.21. The molecule has 1 amide bonds. The van der Waals surface area contributed by atoms with Crippen LogP contribution in [0, 0.1) is 5.82 Å². The number of amides is 1. The van der Waals surface area contributed by atoms with Gasteiger partial charge in [-0.1, -0.05) is 6.07 Å². The lowest BCUT2D eigenvalue weighted by atomic mass is 10.1. The van der Waals surface area contributed by atoms with Crippen molar-refractivity contribution in [3.63, 3.8) is 0 Å². The third-order valence-corrected chi connectivity index (χ3v) is 1.37. The van der Waals surface area contributed by atoms with E-state index in [2.05, 4.69) is 0 Å². The Labute approximate surface area is 67.8 Å². The van der Waals surface area contributed by atoms with Crippen LogP contribution < -0.4 is 11.2 Å². The molecule has 1 aromatic carbocycles. The van der Waals surface area contributed by atoms with Crippen LogP contribution >= 0.6 is 0 Å². The van der Waals surface area contributed by atoms with E-state index in [4.69, 9.17) is 10.9 Å². The normalized spacial score (nSPS) is 9.50. The smallest absolute Gasteiger partial charge is 0.279 e. The monoisotopic (exact) mass is 170 g/mol. The van der Waals surface area contributed by atoms with Crippen molar-refractivity contribution >= 4 is 11.6 Å². The number of hydroxylamine groups is 1. The highest BCUT2D eigenvalue weighted by Gasteiger charge is 2.13. The predicted octanol–water partition coefficient (Wildman–Crippen LogP) is 0.527. The van der Waals surface area contributed by atoms with Gasteiger partial charge in [-0.05, 0) is 12.1 Å². The molecule has 0 bridgehead atoms. The van der Waals surface area contributed by atoms with Gasteiger partial charge in [0.1, 0.15) is 11.4 Å². The minimum atomic E-state index is -0.953. The van der Waals surface area contributed by atoms with E-state index >= 15 is 0 Å². The maximum atomic E-state index is 12.8. The average Bonchev–Trinajstić information content (AvgIpc) is 2.03. The number of nitrogens with one attached hydrogen (secondary N) is 1. The van der Waals surface area contributed by atoms with Crippen molar-refractivity contribution in [1.82, 2.24) is 5.48 Å². The highest BCUT2D eigenvalue weighted by Crippen LogP contribution is 2.14.